The lowest BCUT2D eigenvalue weighted by Gasteiger charge is -2.27. The fraction of sp³-hybridized carbons (Fsp3) is 0.450. The van der Waals surface area contributed by atoms with Crippen molar-refractivity contribution in [2.75, 3.05) is 14.2 Å². The first kappa shape index (κ1) is 25.5. The van der Waals surface area contributed by atoms with Gasteiger partial charge in [-0.05, 0) is 17.7 Å². The predicted octanol–water partition coefficient (Wildman–Crippen LogP) is 0.0406. The van der Waals surface area contributed by atoms with Gasteiger partial charge in [-0.3, -0.25) is 19.2 Å². The van der Waals surface area contributed by atoms with Gasteiger partial charge >= 0.3 is 17.9 Å². The average Bonchev–Trinajstić information content (AvgIpc) is 2.71. The minimum atomic E-state index is -1.68. The Morgan fingerprint density at radius 3 is 1.94 bits per heavy atom. The van der Waals surface area contributed by atoms with Gasteiger partial charge in [0.2, 0.25) is 11.8 Å². The molecule has 0 radical (unpaired) electrons. The average molecular weight is 440 g/mol. The van der Waals surface area contributed by atoms with E-state index in [-0.39, 0.29) is 6.42 Å². The maximum absolute atomic E-state index is 13.1. The van der Waals surface area contributed by atoms with Crippen LogP contribution < -0.4 is 10.6 Å². The molecule has 31 heavy (non-hydrogen) atoms. The molecule has 1 aromatic carbocycles. The number of hydrogen-bond donors (Lipinski definition) is 3. The highest BCUT2D eigenvalue weighted by atomic mass is 19.1. The lowest BCUT2D eigenvalue weighted by Crippen LogP contribution is -2.56. The summed E-state index contributed by atoms with van der Waals surface area (Å²) < 4.78 is 22.2. The second-order valence-electron chi connectivity index (χ2n) is 6.79. The van der Waals surface area contributed by atoms with Gasteiger partial charge in [0.25, 0.3) is 0 Å². The molecule has 0 saturated heterocycles. The van der Waals surface area contributed by atoms with Gasteiger partial charge in [0, 0.05) is 19.3 Å². The van der Waals surface area contributed by atoms with Gasteiger partial charge in [-0.2, -0.15) is 0 Å². The van der Waals surface area contributed by atoms with Crippen LogP contribution in [0, 0.1) is 17.7 Å². The van der Waals surface area contributed by atoms with Crippen molar-refractivity contribution >= 4 is 29.7 Å². The topological polar surface area (TPSA) is 148 Å². The summed E-state index contributed by atoms with van der Waals surface area (Å²) in [6.45, 7) is 2.44. The molecule has 0 aliphatic carbocycles. The number of ether oxygens (including phenoxy) is 2. The van der Waals surface area contributed by atoms with E-state index in [1.165, 1.54) is 38.1 Å². The Labute approximate surface area is 178 Å². The van der Waals surface area contributed by atoms with Crippen LogP contribution in [0.25, 0.3) is 0 Å². The zero-order valence-electron chi connectivity index (χ0n) is 17.5. The first-order valence-corrected chi connectivity index (χ1v) is 9.22. The largest absolute Gasteiger partial charge is 0.480 e. The fourth-order valence-corrected chi connectivity index (χ4v) is 2.95. The summed E-state index contributed by atoms with van der Waals surface area (Å²) >= 11 is 0. The van der Waals surface area contributed by atoms with Crippen LogP contribution in [-0.4, -0.2) is 61.1 Å². The van der Waals surface area contributed by atoms with Gasteiger partial charge in [0.05, 0.1) is 14.2 Å². The molecule has 2 amide bonds. The molecule has 11 heteroatoms. The van der Waals surface area contributed by atoms with Crippen LogP contribution in [-0.2, 0) is 39.9 Å². The molecule has 1 rings (SSSR count). The fourth-order valence-electron chi connectivity index (χ4n) is 2.95. The zero-order valence-corrected chi connectivity index (χ0v) is 17.5. The molecule has 10 nitrogen and oxygen atoms in total. The Morgan fingerprint density at radius 2 is 1.52 bits per heavy atom. The van der Waals surface area contributed by atoms with Crippen molar-refractivity contribution in [3.05, 3.63) is 35.6 Å². The smallest absolute Gasteiger partial charge is 0.326 e. The van der Waals surface area contributed by atoms with E-state index >= 15 is 0 Å². The van der Waals surface area contributed by atoms with E-state index in [2.05, 4.69) is 20.1 Å². The SMILES string of the molecule is COC(=O)C(C(=O)OC)[C@@H](C)[C@H](NC(=O)[C@@H](Cc1ccc(F)cc1)NC(C)=O)C(=O)O. The molecule has 0 saturated carbocycles. The van der Waals surface area contributed by atoms with E-state index in [1.54, 1.807) is 0 Å². The molecule has 0 unspecified atom stereocenters. The van der Waals surface area contributed by atoms with E-state index < -0.39 is 59.5 Å². The van der Waals surface area contributed by atoms with Crippen molar-refractivity contribution in [3.63, 3.8) is 0 Å². The molecule has 0 fully saturated rings. The Bertz CT molecular complexity index is 811. The number of carbonyl (C=O) groups excluding carboxylic acids is 4. The molecule has 170 valence electrons. The van der Waals surface area contributed by atoms with E-state index in [4.69, 9.17) is 0 Å². The highest BCUT2D eigenvalue weighted by Gasteiger charge is 2.42. The van der Waals surface area contributed by atoms with Crippen LogP contribution >= 0.6 is 0 Å². The van der Waals surface area contributed by atoms with Gasteiger partial charge in [-0.25, -0.2) is 9.18 Å². The molecular formula is C20H25FN2O8. The van der Waals surface area contributed by atoms with E-state index in [0.29, 0.717) is 5.56 Å². The van der Waals surface area contributed by atoms with Gasteiger partial charge in [0.1, 0.15) is 17.9 Å². The summed E-state index contributed by atoms with van der Waals surface area (Å²) in [6.07, 6.45) is -0.0517. The van der Waals surface area contributed by atoms with E-state index in [1.807, 2.05) is 0 Å². The second-order valence-corrected chi connectivity index (χ2v) is 6.79. The van der Waals surface area contributed by atoms with Crippen molar-refractivity contribution in [3.8, 4) is 0 Å². The number of hydrogen-bond acceptors (Lipinski definition) is 7. The van der Waals surface area contributed by atoms with E-state index in [9.17, 15) is 33.5 Å². The van der Waals surface area contributed by atoms with Gasteiger partial charge in [-0.15, -0.1) is 0 Å². The molecule has 0 spiro atoms. The maximum Gasteiger partial charge on any atom is 0.326 e. The third-order valence-electron chi connectivity index (χ3n) is 4.57. The molecule has 0 aliphatic heterocycles. The number of amides is 2. The number of rotatable bonds is 10. The lowest BCUT2D eigenvalue weighted by atomic mass is 9.87. The van der Waals surface area contributed by atoms with Crippen molar-refractivity contribution in [2.24, 2.45) is 11.8 Å². The van der Waals surface area contributed by atoms with Crippen LogP contribution in [0.2, 0.25) is 0 Å². The Morgan fingerprint density at radius 1 is 1.00 bits per heavy atom. The normalized spacial score (nSPS) is 13.5. The van der Waals surface area contributed by atoms with Crippen molar-refractivity contribution < 1.29 is 42.9 Å². The second kappa shape index (κ2) is 11.6. The molecule has 3 N–H and O–H groups in total. The van der Waals surface area contributed by atoms with Crippen LogP contribution in [0.3, 0.4) is 0 Å². The number of aliphatic carboxylic acids is 1. The van der Waals surface area contributed by atoms with Crippen molar-refractivity contribution in [1.82, 2.24) is 10.6 Å². The Hall–Kier alpha value is -3.50. The summed E-state index contributed by atoms with van der Waals surface area (Å²) in [5.74, 6) is -8.31. The molecule has 0 aromatic heterocycles. The third kappa shape index (κ3) is 7.36. The monoisotopic (exact) mass is 440 g/mol. The first-order valence-electron chi connectivity index (χ1n) is 9.22. The maximum atomic E-state index is 13.1. The van der Waals surface area contributed by atoms with Crippen LogP contribution in [0.15, 0.2) is 24.3 Å². The highest BCUT2D eigenvalue weighted by molar-refractivity contribution is 5.97. The molecule has 0 heterocycles. The quantitative estimate of drug-likeness (QED) is 0.341. The summed E-state index contributed by atoms with van der Waals surface area (Å²) in [4.78, 5) is 60.1. The zero-order chi connectivity index (χ0) is 23.7. The van der Waals surface area contributed by atoms with Gasteiger partial charge < -0.3 is 25.2 Å². The Balaban J connectivity index is 3.12. The number of halogens is 1. The summed E-state index contributed by atoms with van der Waals surface area (Å²) in [7, 11) is 2.05. The number of nitrogens with one attached hydrogen (secondary N) is 2. The minimum absolute atomic E-state index is 0.0517. The molecule has 3 atom stereocenters. The highest BCUT2D eigenvalue weighted by Crippen LogP contribution is 2.20. The molecule has 0 aliphatic rings. The predicted molar refractivity (Wildman–Crippen MR) is 104 cm³/mol. The molecule has 0 bridgehead atoms. The summed E-state index contributed by atoms with van der Waals surface area (Å²) in [6, 6.07) is 2.32. The van der Waals surface area contributed by atoms with Crippen molar-refractivity contribution in [1.29, 1.82) is 0 Å². The number of methoxy groups -OCH3 is 2. The number of carbonyl (C=O) groups is 5. The standard InChI is InChI=1S/C20H25FN2O8/c1-10(15(19(28)30-3)20(29)31-4)16(18(26)27)23-17(25)14(22-11(2)24)9-12-5-7-13(21)8-6-12/h5-8,10,14-16H,9H2,1-4H3,(H,22,24)(H,23,25)(H,26,27)/t10-,14-,16+/m1/s1. The molecular weight excluding hydrogens is 415 g/mol. The molecule has 1 aromatic rings. The third-order valence-corrected chi connectivity index (χ3v) is 4.57. The number of esters is 2. The van der Waals surface area contributed by atoms with Crippen LogP contribution in [0.1, 0.15) is 19.4 Å². The van der Waals surface area contributed by atoms with Gasteiger partial charge in [-0.1, -0.05) is 19.1 Å². The lowest BCUT2D eigenvalue weighted by molar-refractivity contribution is -0.163. The van der Waals surface area contributed by atoms with Crippen molar-refractivity contribution in [2.45, 2.75) is 32.4 Å². The van der Waals surface area contributed by atoms with Gasteiger partial charge in [0.15, 0.2) is 5.92 Å². The first-order chi connectivity index (χ1) is 14.5. The minimum Gasteiger partial charge on any atom is -0.480 e. The number of benzene rings is 1. The van der Waals surface area contributed by atoms with E-state index in [0.717, 1.165) is 14.2 Å². The van der Waals surface area contributed by atoms with Crippen LogP contribution in [0.4, 0.5) is 4.39 Å². The summed E-state index contributed by atoms with van der Waals surface area (Å²) in [5, 5.41) is 14.2. The van der Waals surface area contributed by atoms with Crippen LogP contribution in [0.5, 0.6) is 0 Å². The number of carboxylic acids is 1. The summed E-state index contributed by atoms with van der Waals surface area (Å²) in [5.41, 5.74) is 0.511. The number of carboxylic acid groups (broad SMARTS) is 1. The Kier molecular flexibility index (Phi) is 9.58.